The van der Waals surface area contributed by atoms with Crippen LogP contribution in [0.15, 0.2) is 0 Å². The first kappa shape index (κ1) is 16.9. The minimum atomic E-state index is -1.14. The predicted octanol–water partition coefficient (Wildman–Crippen LogP) is -0.114. The Morgan fingerprint density at radius 3 is 2.29 bits per heavy atom. The molecule has 0 unspecified atom stereocenters. The lowest BCUT2D eigenvalue weighted by Crippen LogP contribution is -2.46. The van der Waals surface area contributed by atoms with Gasteiger partial charge in [-0.25, -0.2) is 4.79 Å². The summed E-state index contributed by atoms with van der Waals surface area (Å²) in [6, 6.07) is -0.641. The summed E-state index contributed by atoms with van der Waals surface area (Å²) in [6.45, 7) is 6.12. The van der Waals surface area contributed by atoms with Gasteiger partial charge in [-0.05, 0) is 19.8 Å². The van der Waals surface area contributed by atoms with E-state index in [4.69, 9.17) is 5.11 Å². The first-order chi connectivity index (χ1) is 9.54. The summed E-state index contributed by atoms with van der Waals surface area (Å²) in [6.07, 6.45) is 0. The zero-order chi connectivity index (χ0) is 16.4. The van der Waals surface area contributed by atoms with E-state index in [0.29, 0.717) is 0 Å². The maximum absolute atomic E-state index is 12.2. The molecule has 8 heteroatoms. The molecule has 0 radical (unpaired) electrons. The van der Waals surface area contributed by atoms with Gasteiger partial charge in [0, 0.05) is 6.54 Å². The molecule has 1 rings (SSSR count). The Morgan fingerprint density at radius 1 is 1.33 bits per heavy atom. The van der Waals surface area contributed by atoms with Crippen molar-refractivity contribution in [2.24, 2.45) is 5.92 Å². The van der Waals surface area contributed by atoms with Gasteiger partial charge >= 0.3 is 12.0 Å². The smallest absolute Gasteiger partial charge is 0.325 e. The second-order valence-corrected chi connectivity index (χ2v) is 6.01. The molecule has 8 nitrogen and oxygen atoms in total. The molecule has 21 heavy (non-hydrogen) atoms. The molecule has 1 aliphatic heterocycles. The van der Waals surface area contributed by atoms with Gasteiger partial charge in [0.05, 0.1) is 0 Å². The van der Waals surface area contributed by atoms with Gasteiger partial charge in [-0.3, -0.25) is 19.3 Å². The Balaban J connectivity index is 2.79. The Labute approximate surface area is 123 Å². The molecule has 0 aromatic heterocycles. The fourth-order valence-corrected chi connectivity index (χ4v) is 2.06. The molecule has 0 atom stereocenters. The van der Waals surface area contributed by atoms with Gasteiger partial charge in [0.15, 0.2) is 0 Å². The highest BCUT2D eigenvalue weighted by Gasteiger charge is 2.45. The summed E-state index contributed by atoms with van der Waals surface area (Å²) in [5.41, 5.74) is -1.05. The molecule has 0 spiro atoms. The summed E-state index contributed by atoms with van der Waals surface area (Å²) in [4.78, 5) is 48.6. The molecule has 1 saturated heterocycles. The van der Waals surface area contributed by atoms with E-state index in [0.717, 1.165) is 9.80 Å². The van der Waals surface area contributed by atoms with E-state index in [9.17, 15) is 19.2 Å². The van der Waals surface area contributed by atoms with Crippen LogP contribution in [0, 0.1) is 5.92 Å². The monoisotopic (exact) mass is 299 g/mol. The number of nitrogens with one attached hydrogen (secondary N) is 1. The van der Waals surface area contributed by atoms with Crippen molar-refractivity contribution in [2.45, 2.75) is 33.2 Å². The maximum atomic E-state index is 12.2. The number of amides is 4. The van der Waals surface area contributed by atoms with Crippen molar-refractivity contribution in [1.29, 1.82) is 0 Å². The molecule has 0 saturated carbocycles. The van der Waals surface area contributed by atoms with E-state index in [2.05, 4.69) is 5.32 Å². The number of aliphatic carboxylic acids is 1. The third-order valence-electron chi connectivity index (χ3n) is 3.00. The molecule has 4 amide bonds. The molecule has 118 valence electrons. The number of nitrogens with zero attached hydrogens (tertiary/aromatic N) is 2. The second-order valence-electron chi connectivity index (χ2n) is 6.01. The van der Waals surface area contributed by atoms with Crippen molar-refractivity contribution >= 4 is 23.8 Å². The third kappa shape index (κ3) is 4.17. The van der Waals surface area contributed by atoms with Gasteiger partial charge in [0.1, 0.15) is 18.6 Å². The lowest BCUT2D eigenvalue weighted by atomic mass is 10.1. The van der Waals surface area contributed by atoms with Crippen LogP contribution in [0.3, 0.4) is 0 Å². The van der Waals surface area contributed by atoms with Crippen LogP contribution >= 0.6 is 0 Å². The van der Waals surface area contributed by atoms with Crippen molar-refractivity contribution < 1.29 is 24.3 Å². The number of carbonyl (C=O) groups is 4. The normalized spacial score (nSPS) is 17.1. The number of hydrogen-bond donors (Lipinski definition) is 2. The largest absolute Gasteiger partial charge is 0.480 e. The summed E-state index contributed by atoms with van der Waals surface area (Å²) >= 11 is 0. The van der Waals surface area contributed by atoms with E-state index in [1.807, 2.05) is 13.8 Å². The van der Waals surface area contributed by atoms with Gasteiger partial charge in [0.2, 0.25) is 5.91 Å². The molecule has 0 aromatic carbocycles. The highest BCUT2D eigenvalue weighted by Crippen LogP contribution is 2.16. The zero-order valence-electron chi connectivity index (χ0n) is 12.7. The van der Waals surface area contributed by atoms with Crippen LogP contribution in [-0.2, 0) is 14.4 Å². The van der Waals surface area contributed by atoms with E-state index >= 15 is 0 Å². The van der Waals surface area contributed by atoms with Crippen LogP contribution in [-0.4, -0.2) is 63.9 Å². The standard InChI is InChI=1S/C13H21N3O5/c1-8(2)5-15(7-10(18)19)9(17)6-16-11(20)13(3,4)14-12(16)21/h8H,5-7H2,1-4H3,(H,14,21)(H,18,19). The zero-order valence-corrected chi connectivity index (χ0v) is 12.7. The number of rotatable bonds is 6. The van der Waals surface area contributed by atoms with E-state index in [-0.39, 0.29) is 12.5 Å². The number of hydrogen-bond acceptors (Lipinski definition) is 4. The third-order valence-corrected chi connectivity index (χ3v) is 3.00. The first-order valence-corrected chi connectivity index (χ1v) is 6.68. The predicted molar refractivity (Wildman–Crippen MR) is 73.4 cm³/mol. The highest BCUT2D eigenvalue weighted by molar-refractivity contribution is 6.08. The SMILES string of the molecule is CC(C)CN(CC(=O)O)C(=O)CN1C(=O)NC(C)(C)C1=O. The molecule has 0 bridgehead atoms. The van der Waals surface area contributed by atoms with Crippen molar-refractivity contribution in [3.05, 3.63) is 0 Å². The van der Waals surface area contributed by atoms with Crippen molar-refractivity contribution in [2.75, 3.05) is 19.6 Å². The van der Waals surface area contributed by atoms with Crippen LogP contribution in [0.4, 0.5) is 4.79 Å². The van der Waals surface area contributed by atoms with E-state index in [1.54, 1.807) is 13.8 Å². The van der Waals surface area contributed by atoms with Gasteiger partial charge < -0.3 is 15.3 Å². The highest BCUT2D eigenvalue weighted by atomic mass is 16.4. The average Bonchev–Trinajstić information content (AvgIpc) is 2.49. The summed E-state index contributed by atoms with van der Waals surface area (Å²) < 4.78 is 0. The minimum absolute atomic E-state index is 0.0767. The van der Waals surface area contributed by atoms with Gasteiger partial charge in [-0.1, -0.05) is 13.8 Å². The molecular weight excluding hydrogens is 278 g/mol. The van der Waals surface area contributed by atoms with Crippen molar-refractivity contribution in [3.63, 3.8) is 0 Å². The van der Waals surface area contributed by atoms with Crippen LogP contribution in [0.5, 0.6) is 0 Å². The lowest BCUT2D eigenvalue weighted by Gasteiger charge is -2.24. The molecular formula is C13H21N3O5. The topological polar surface area (TPSA) is 107 Å². The van der Waals surface area contributed by atoms with Crippen LogP contribution < -0.4 is 5.32 Å². The van der Waals surface area contributed by atoms with Crippen molar-refractivity contribution in [3.8, 4) is 0 Å². The molecule has 1 aliphatic rings. The number of carbonyl (C=O) groups excluding carboxylic acids is 3. The Morgan fingerprint density at radius 2 is 1.90 bits per heavy atom. The number of carboxylic acid groups (broad SMARTS) is 1. The van der Waals surface area contributed by atoms with Gasteiger partial charge in [-0.2, -0.15) is 0 Å². The molecule has 1 heterocycles. The second kappa shape index (κ2) is 6.11. The molecule has 2 N–H and O–H groups in total. The van der Waals surface area contributed by atoms with Crippen LogP contribution in [0.1, 0.15) is 27.7 Å². The van der Waals surface area contributed by atoms with Crippen molar-refractivity contribution in [1.82, 2.24) is 15.1 Å². The number of imide groups is 1. The average molecular weight is 299 g/mol. The molecule has 1 fully saturated rings. The number of carboxylic acids is 1. The molecule has 0 aliphatic carbocycles. The summed E-state index contributed by atoms with van der Waals surface area (Å²) in [5, 5.41) is 11.3. The Hall–Kier alpha value is -2.12. The first-order valence-electron chi connectivity index (χ1n) is 6.68. The summed E-state index contributed by atoms with van der Waals surface area (Å²) in [5.74, 6) is -2.12. The van der Waals surface area contributed by atoms with Crippen LogP contribution in [0.2, 0.25) is 0 Å². The summed E-state index contributed by atoms with van der Waals surface area (Å²) in [7, 11) is 0. The Bertz CT molecular complexity index is 472. The molecule has 0 aromatic rings. The fraction of sp³-hybridized carbons (Fsp3) is 0.692. The van der Waals surface area contributed by atoms with Gasteiger partial charge in [0.25, 0.3) is 5.91 Å². The van der Waals surface area contributed by atoms with Crippen LogP contribution in [0.25, 0.3) is 0 Å². The minimum Gasteiger partial charge on any atom is -0.480 e. The van der Waals surface area contributed by atoms with E-state index < -0.39 is 42.4 Å². The maximum Gasteiger partial charge on any atom is 0.325 e. The van der Waals surface area contributed by atoms with E-state index in [1.165, 1.54) is 0 Å². The fourth-order valence-electron chi connectivity index (χ4n) is 2.06. The quantitative estimate of drug-likeness (QED) is 0.665. The van der Waals surface area contributed by atoms with Gasteiger partial charge in [-0.15, -0.1) is 0 Å². The lowest BCUT2D eigenvalue weighted by molar-refractivity contribution is -0.146. The Kier molecular flexibility index (Phi) is 4.93. The number of urea groups is 1.